The van der Waals surface area contributed by atoms with E-state index in [9.17, 15) is 4.79 Å². The van der Waals surface area contributed by atoms with Gasteiger partial charge in [0.05, 0.1) is 11.7 Å². The highest BCUT2D eigenvalue weighted by Gasteiger charge is 2.27. The van der Waals surface area contributed by atoms with E-state index in [0.717, 1.165) is 27.3 Å². The Labute approximate surface area is 137 Å². The van der Waals surface area contributed by atoms with E-state index in [2.05, 4.69) is 30.8 Å². The average molecular weight is 368 g/mol. The molecular weight excluding hydrogens is 350 g/mol. The Morgan fingerprint density at radius 1 is 1.38 bits per heavy atom. The second-order valence-electron chi connectivity index (χ2n) is 5.95. The van der Waals surface area contributed by atoms with Gasteiger partial charge in [0, 0.05) is 9.89 Å². The molecule has 21 heavy (non-hydrogen) atoms. The van der Waals surface area contributed by atoms with Crippen molar-refractivity contribution >= 4 is 33.4 Å². The smallest absolute Gasteiger partial charge is 0.265 e. The van der Waals surface area contributed by atoms with Crippen LogP contribution in [-0.4, -0.2) is 15.5 Å². The van der Waals surface area contributed by atoms with Crippen LogP contribution in [0.5, 0.6) is 0 Å². The van der Waals surface area contributed by atoms with Gasteiger partial charge in [0.15, 0.2) is 0 Å². The lowest BCUT2D eigenvalue weighted by Crippen LogP contribution is -2.28. The Morgan fingerprint density at radius 2 is 2.10 bits per heavy atom. The number of benzene rings is 1. The van der Waals surface area contributed by atoms with Gasteiger partial charge >= 0.3 is 0 Å². The molecule has 1 heterocycles. The molecule has 0 spiro atoms. The van der Waals surface area contributed by atoms with Crippen molar-refractivity contribution in [1.29, 1.82) is 0 Å². The van der Waals surface area contributed by atoms with E-state index in [-0.39, 0.29) is 17.4 Å². The summed E-state index contributed by atoms with van der Waals surface area (Å²) in [6.45, 7) is 8.04. The summed E-state index contributed by atoms with van der Waals surface area (Å²) in [6, 6.07) is 7.83. The molecule has 1 aromatic heterocycles. The number of rotatable bonds is 3. The van der Waals surface area contributed by atoms with Crippen molar-refractivity contribution in [2.24, 2.45) is 0 Å². The van der Waals surface area contributed by atoms with E-state index >= 15 is 0 Å². The van der Waals surface area contributed by atoms with Crippen LogP contribution in [0, 0.1) is 0 Å². The van der Waals surface area contributed by atoms with Gasteiger partial charge in [-0.2, -0.15) is 0 Å². The van der Waals surface area contributed by atoms with E-state index < -0.39 is 0 Å². The third-order valence-electron chi connectivity index (χ3n) is 3.10. The molecule has 0 saturated carbocycles. The number of hydrogen-bond donors (Lipinski definition) is 1. The normalized spacial score (nSPS) is 13.0. The predicted molar refractivity (Wildman–Crippen MR) is 88.6 cm³/mol. The molecule has 0 saturated heterocycles. The molecule has 1 amide bonds. The van der Waals surface area contributed by atoms with E-state index in [4.69, 9.17) is 0 Å². The zero-order valence-electron chi connectivity index (χ0n) is 12.5. The van der Waals surface area contributed by atoms with Gasteiger partial charge in [0.1, 0.15) is 4.88 Å². The summed E-state index contributed by atoms with van der Waals surface area (Å²) in [7, 11) is 0. The van der Waals surface area contributed by atoms with Crippen LogP contribution in [0.2, 0.25) is 0 Å². The Kier molecular flexibility index (Phi) is 4.78. The van der Waals surface area contributed by atoms with Crippen LogP contribution in [0.15, 0.2) is 28.7 Å². The second kappa shape index (κ2) is 6.23. The summed E-state index contributed by atoms with van der Waals surface area (Å²) >= 11 is 4.58. The van der Waals surface area contributed by atoms with Crippen molar-refractivity contribution in [3.8, 4) is 0 Å². The molecule has 1 unspecified atom stereocenters. The molecule has 112 valence electrons. The second-order valence-corrected chi connectivity index (χ2v) is 7.62. The van der Waals surface area contributed by atoms with E-state index in [0.29, 0.717) is 4.88 Å². The lowest BCUT2D eigenvalue weighted by atomic mass is 9.91. The molecule has 0 aliphatic carbocycles. The largest absolute Gasteiger partial charge is 0.345 e. The highest BCUT2D eigenvalue weighted by Crippen LogP contribution is 2.26. The van der Waals surface area contributed by atoms with E-state index in [1.807, 2.05) is 52.0 Å². The number of carbonyl (C=O) groups excluding carboxylic acids is 1. The molecular formula is C15H18BrN3OS. The first-order valence-electron chi connectivity index (χ1n) is 6.68. The van der Waals surface area contributed by atoms with Crippen molar-refractivity contribution in [3.05, 3.63) is 44.9 Å². The van der Waals surface area contributed by atoms with Crippen LogP contribution in [-0.2, 0) is 5.41 Å². The molecule has 0 aliphatic rings. The van der Waals surface area contributed by atoms with Crippen molar-refractivity contribution in [3.63, 3.8) is 0 Å². The van der Waals surface area contributed by atoms with Crippen LogP contribution in [0.25, 0.3) is 0 Å². The van der Waals surface area contributed by atoms with Gasteiger partial charge in [-0.1, -0.05) is 53.3 Å². The van der Waals surface area contributed by atoms with Gasteiger partial charge in [0.2, 0.25) is 0 Å². The fourth-order valence-corrected chi connectivity index (χ4v) is 3.15. The summed E-state index contributed by atoms with van der Waals surface area (Å²) in [5.41, 5.74) is 1.59. The molecule has 2 rings (SSSR count). The van der Waals surface area contributed by atoms with Crippen LogP contribution in [0.4, 0.5) is 0 Å². The first-order valence-corrected chi connectivity index (χ1v) is 8.25. The molecule has 1 N–H and O–H groups in total. The number of aromatic nitrogens is 2. The van der Waals surface area contributed by atoms with Gasteiger partial charge in [0.25, 0.3) is 5.91 Å². The van der Waals surface area contributed by atoms with Crippen molar-refractivity contribution < 1.29 is 4.79 Å². The Bertz CT molecular complexity index is 648. The SMILES string of the molecule is CC(NC(=O)c1snnc1C(C)(C)C)c1cccc(Br)c1. The first kappa shape index (κ1) is 16.1. The lowest BCUT2D eigenvalue weighted by Gasteiger charge is -2.18. The van der Waals surface area contributed by atoms with Crippen molar-refractivity contribution in [2.45, 2.75) is 39.2 Å². The minimum Gasteiger partial charge on any atom is -0.345 e. The number of hydrogen-bond acceptors (Lipinski definition) is 4. The Hall–Kier alpha value is -1.27. The summed E-state index contributed by atoms with van der Waals surface area (Å²) in [5.74, 6) is -0.123. The first-order chi connectivity index (χ1) is 9.79. The van der Waals surface area contributed by atoms with Gasteiger partial charge < -0.3 is 5.32 Å². The minimum atomic E-state index is -0.196. The maximum atomic E-state index is 12.4. The third kappa shape index (κ3) is 3.89. The summed E-state index contributed by atoms with van der Waals surface area (Å²) in [5, 5.41) is 7.11. The fraction of sp³-hybridized carbons (Fsp3) is 0.400. The molecule has 1 atom stereocenters. The molecule has 1 aromatic carbocycles. The number of halogens is 1. The molecule has 6 heteroatoms. The maximum absolute atomic E-state index is 12.4. The quantitative estimate of drug-likeness (QED) is 0.888. The number of amides is 1. The van der Waals surface area contributed by atoms with E-state index in [1.54, 1.807) is 0 Å². The summed E-state index contributed by atoms with van der Waals surface area (Å²) < 4.78 is 4.92. The third-order valence-corrected chi connectivity index (χ3v) is 4.32. The van der Waals surface area contributed by atoms with Gasteiger partial charge in [-0.15, -0.1) is 5.10 Å². The van der Waals surface area contributed by atoms with Crippen LogP contribution >= 0.6 is 27.5 Å². The van der Waals surface area contributed by atoms with E-state index in [1.165, 1.54) is 0 Å². The number of carbonyl (C=O) groups is 1. The number of nitrogens with one attached hydrogen (secondary N) is 1. The summed E-state index contributed by atoms with van der Waals surface area (Å²) in [4.78, 5) is 13.0. The monoisotopic (exact) mass is 367 g/mol. The highest BCUT2D eigenvalue weighted by atomic mass is 79.9. The van der Waals surface area contributed by atoms with Gasteiger partial charge in [-0.3, -0.25) is 4.79 Å². The molecule has 0 fully saturated rings. The highest BCUT2D eigenvalue weighted by molar-refractivity contribution is 9.10. The van der Waals surface area contributed by atoms with Crippen molar-refractivity contribution in [2.75, 3.05) is 0 Å². The van der Waals surface area contributed by atoms with Crippen molar-refractivity contribution in [1.82, 2.24) is 14.9 Å². The van der Waals surface area contributed by atoms with Crippen LogP contribution in [0.3, 0.4) is 0 Å². The lowest BCUT2D eigenvalue weighted by molar-refractivity contribution is 0.0941. The van der Waals surface area contributed by atoms with Crippen LogP contribution < -0.4 is 5.32 Å². The zero-order valence-corrected chi connectivity index (χ0v) is 14.9. The summed E-state index contributed by atoms with van der Waals surface area (Å²) in [6.07, 6.45) is 0. The molecule has 4 nitrogen and oxygen atoms in total. The standard InChI is InChI=1S/C15H18BrN3OS/c1-9(10-6-5-7-11(16)8-10)17-14(20)12-13(15(2,3)4)18-19-21-12/h5-9H,1-4H3,(H,17,20). The average Bonchev–Trinajstić information content (AvgIpc) is 2.87. The maximum Gasteiger partial charge on any atom is 0.265 e. The minimum absolute atomic E-state index is 0.0788. The van der Waals surface area contributed by atoms with Gasteiger partial charge in [-0.05, 0) is 36.2 Å². The molecule has 2 aromatic rings. The van der Waals surface area contributed by atoms with Crippen LogP contribution in [0.1, 0.15) is 54.7 Å². The fourth-order valence-electron chi connectivity index (χ4n) is 1.95. The zero-order chi connectivity index (χ0) is 15.6. The predicted octanol–water partition coefficient (Wildman–Crippen LogP) is 4.09. The molecule has 0 bridgehead atoms. The molecule has 0 aliphatic heterocycles. The Morgan fingerprint density at radius 3 is 2.71 bits per heavy atom. The topological polar surface area (TPSA) is 54.9 Å². The van der Waals surface area contributed by atoms with Gasteiger partial charge in [-0.25, -0.2) is 0 Å². The number of nitrogens with zero attached hydrogens (tertiary/aromatic N) is 2. The Balaban J connectivity index is 2.17. The molecule has 0 radical (unpaired) electrons.